The van der Waals surface area contributed by atoms with E-state index < -0.39 is 11.7 Å². The molecule has 2 saturated heterocycles. The highest BCUT2D eigenvalue weighted by Gasteiger charge is 2.40. The Labute approximate surface area is 168 Å². The molecule has 0 radical (unpaired) electrons. The summed E-state index contributed by atoms with van der Waals surface area (Å²) in [6.07, 6.45) is 2.72. The molecule has 2 fully saturated rings. The quantitative estimate of drug-likeness (QED) is 0.859. The minimum absolute atomic E-state index is 0.146. The number of likely N-dealkylation sites (tertiary alicyclic amines) is 1. The van der Waals surface area contributed by atoms with E-state index in [1.165, 1.54) is 12.3 Å². The number of amides is 2. The second-order valence-corrected chi connectivity index (χ2v) is 6.97. The summed E-state index contributed by atoms with van der Waals surface area (Å²) in [7, 11) is 0. The Kier molecular flexibility index (Phi) is 5.25. The van der Waals surface area contributed by atoms with E-state index in [9.17, 15) is 9.59 Å². The molecule has 1 aromatic carbocycles. The van der Waals surface area contributed by atoms with Crippen LogP contribution in [0, 0.1) is 11.3 Å². The summed E-state index contributed by atoms with van der Waals surface area (Å²) < 4.78 is 11.4. The van der Waals surface area contributed by atoms with Crippen molar-refractivity contribution in [3.05, 3.63) is 59.4 Å². The highest BCUT2D eigenvalue weighted by atomic mass is 16.7. The molecule has 8 nitrogen and oxygen atoms in total. The van der Waals surface area contributed by atoms with Gasteiger partial charge in [-0.25, -0.2) is 0 Å². The zero-order valence-electron chi connectivity index (χ0n) is 15.8. The molecule has 8 heteroatoms. The van der Waals surface area contributed by atoms with Crippen molar-refractivity contribution in [2.45, 2.75) is 18.6 Å². The fourth-order valence-electron chi connectivity index (χ4n) is 3.53. The summed E-state index contributed by atoms with van der Waals surface area (Å²) in [5.74, 6) is -1.11. The van der Waals surface area contributed by atoms with Gasteiger partial charge in [0.15, 0.2) is 5.79 Å². The van der Waals surface area contributed by atoms with Crippen LogP contribution in [0.1, 0.15) is 39.3 Å². The molecule has 2 aliphatic rings. The molecular formula is C21H20N4O4. The van der Waals surface area contributed by atoms with E-state index in [1.807, 2.05) is 6.07 Å². The molecule has 2 aromatic rings. The Bertz CT molecular complexity index is 951. The Morgan fingerprint density at radius 1 is 1.10 bits per heavy atom. The summed E-state index contributed by atoms with van der Waals surface area (Å²) in [6.45, 7) is 2.26. The molecule has 0 bridgehead atoms. The van der Waals surface area contributed by atoms with Gasteiger partial charge in [-0.15, -0.1) is 0 Å². The number of rotatable bonds is 3. The highest BCUT2D eigenvalue weighted by Crippen LogP contribution is 2.31. The van der Waals surface area contributed by atoms with Crippen molar-refractivity contribution < 1.29 is 19.1 Å². The van der Waals surface area contributed by atoms with Gasteiger partial charge in [-0.1, -0.05) is 0 Å². The van der Waals surface area contributed by atoms with Gasteiger partial charge in [-0.3, -0.25) is 14.6 Å². The van der Waals surface area contributed by atoms with Crippen LogP contribution in [0.3, 0.4) is 0 Å². The van der Waals surface area contributed by atoms with Crippen LogP contribution in [0.15, 0.2) is 42.6 Å². The normalized spacial score (nSPS) is 17.7. The molecule has 0 aliphatic carbocycles. The van der Waals surface area contributed by atoms with Crippen molar-refractivity contribution in [2.75, 3.05) is 31.6 Å². The smallest absolute Gasteiger partial charge is 0.274 e. The summed E-state index contributed by atoms with van der Waals surface area (Å²) in [5.41, 5.74) is 1.61. The van der Waals surface area contributed by atoms with Gasteiger partial charge in [0, 0.05) is 43.4 Å². The molecular weight excluding hydrogens is 372 g/mol. The third kappa shape index (κ3) is 4.11. The first-order valence-electron chi connectivity index (χ1n) is 9.43. The maximum atomic E-state index is 12.9. The lowest BCUT2D eigenvalue weighted by Crippen LogP contribution is -2.47. The second-order valence-electron chi connectivity index (χ2n) is 6.97. The second kappa shape index (κ2) is 7.99. The molecule has 148 valence electrons. The van der Waals surface area contributed by atoms with Gasteiger partial charge < -0.3 is 19.7 Å². The number of nitrogens with one attached hydrogen (secondary N) is 1. The van der Waals surface area contributed by atoms with Crippen LogP contribution in [-0.2, 0) is 9.47 Å². The molecule has 29 heavy (non-hydrogen) atoms. The zero-order chi connectivity index (χ0) is 20.3. The van der Waals surface area contributed by atoms with Gasteiger partial charge in [0.05, 0.1) is 24.8 Å². The first-order valence-corrected chi connectivity index (χ1v) is 9.43. The molecule has 0 unspecified atom stereocenters. The number of benzene rings is 1. The van der Waals surface area contributed by atoms with Crippen LogP contribution in [0.25, 0.3) is 0 Å². The van der Waals surface area contributed by atoms with Gasteiger partial charge in [0.25, 0.3) is 11.8 Å². The Morgan fingerprint density at radius 2 is 1.79 bits per heavy atom. The third-order valence-electron chi connectivity index (χ3n) is 5.14. The third-order valence-corrected chi connectivity index (χ3v) is 5.14. The Balaban J connectivity index is 1.41. The van der Waals surface area contributed by atoms with Gasteiger partial charge in [-0.2, -0.15) is 5.26 Å². The van der Waals surface area contributed by atoms with Crippen molar-refractivity contribution in [1.82, 2.24) is 9.88 Å². The molecule has 1 spiro atoms. The maximum absolute atomic E-state index is 12.9. The predicted octanol–water partition coefficient (Wildman–Crippen LogP) is 2.18. The summed E-state index contributed by atoms with van der Waals surface area (Å²) in [6, 6.07) is 11.6. The zero-order valence-corrected chi connectivity index (χ0v) is 15.8. The summed E-state index contributed by atoms with van der Waals surface area (Å²) in [4.78, 5) is 31.2. The van der Waals surface area contributed by atoms with Crippen molar-refractivity contribution in [2.24, 2.45) is 0 Å². The van der Waals surface area contributed by atoms with Crippen molar-refractivity contribution in [3.8, 4) is 6.07 Å². The fraction of sp³-hybridized carbons (Fsp3) is 0.333. The monoisotopic (exact) mass is 392 g/mol. The van der Waals surface area contributed by atoms with Gasteiger partial charge in [0.2, 0.25) is 0 Å². The number of carbonyl (C=O) groups is 2. The summed E-state index contributed by atoms with van der Waals surface area (Å²) in [5, 5.41) is 11.6. The average Bonchev–Trinajstić information content (AvgIpc) is 3.22. The van der Waals surface area contributed by atoms with Gasteiger partial charge >= 0.3 is 0 Å². The standard InChI is InChI=1S/C21H20N4O4/c22-14-15-1-3-17(4-2-15)24-19(26)18-13-16(5-8-23-18)20(27)25-9-6-21(7-10-25)28-11-12-29-21/h1-5,8,13H,6-7,9-12H2,(H,24,26). The minimum atomic E-state index is -0.541. The number of aromatic nitrogens is 1. The number of nitriles is 1. The van der Waals surface area contributed by atoms with E-state index in [4.69, 9.17) is 14.7 Å². The van der Waals surface area contributed by atoms with Gasteiger partial charge in [-0.05, 0) is 36.4 Å². The first kappa shape index (κ1) is 19.1. The number of carbonyl (C=O) groups excluding carboxylic acids is 2. The first-order chi connectivity index (χ1) is 14.1. The van der Waals surface area contributed by atoms with Crippen LogP contribution in [0.5, 0.6) is 0 Å². The molecule has 3 heterocycles. The molecule has 0 atom stereocenters. The molecule has 2 aliphatic heterocycles. The number of hydrogen-bond donors (Lipinski definition) is 1. The van der Waals surface area contributed by atoms with E-state index in [1.54, 1.807) is 35.2 Å². The molecule has 1 N–H and O–H groups in total. The number of anilines is 1. The van der Waals surface area contributed by atoms with Crippen LogP contribution < -0.4 is 5.32 Å². The SMILES string of the molecule is N#Cc1ccc(NC(=O)c2cc(C(=O)N3CCC4(CC3)OCCO4)ccn2)cc1. The van der Waals surface area contributed by atoms with E-state index >= 15 is 0 Å². The Morgan fingerprint density at radius 3 is 2.45 bits per heavy atom. The van der Waals surface area contributed by atoms with Crippen LogP contribution in [0.2, 0.25) is 0 Å². The van der Waals surface area contributed by atoms with E-state index in [-0.39, 0.29) is 11.6 Å². The van der Waals surface area contributed by atoms with E-state index in [0.717, 1.165) is 0 Å². The lowest BCUT2D eigenvalue weighted by atomic mass is 10.0. The largest absolute Gasteiger partial charge is 0.347 e. The van der Waals surface area contributed by atoms with Gasteiger partial charge in [0.1, 0.15) is 5.69 Å². The molecule has 2 amide bonds. The Hall–Kier alpha value is -3.28. The highest BCUT2D eigenvalue weighted by molar-refractivity contribution is 6.04. The number of pyridine rings is 1. The minimum Gasteiger partial charge on any atom is -0.347 e. The van der Waals surface area contributed by atoms with Crippen molar-refractivity contribution in [1.29, 1.82) is 5.26 Å². The average molecular weight is 392 g/mol. The van der Waals surface area contributed by atoms with E-state index in [0.29, 0.717) is 56.0 Å². The molecule has 1 aromatic heterocycles. The maximum Gasteiger partial charge on any atom is 0.274 e. The molecule has 0 saturated carbocycles. The summed E-state index contributed by atoms with van der Waals surface area (Å²) >= 11 is 0. The lowest BCUT2D eigenvalue weighted by molar-refractivity contribution is -0.181. The predicted molar refractivity (Wildman–Crippen MR) is 103 cm³/mol. The number of hydrogen-bond acceptors (Lipinski definition) is 6. The van der Waals surface area contributed by atoms with E-state index in [2.05, 4.69) is 10.3 Å². The lowest BCUT2D eigenvalue weighted by Gasteiger charge is -2.37. The number of piperidine rings is 1. The topological polar surface area (TPSA) is 105 Å². The number of nitrogens with zero attached hydrogens (tertiary/aromatic N) is 3. The molecule has 4 rings (SSSR count). The van der Waals surface area contributed by atoms with Crippen LogP contribution >= 0.6 is 0 Å². The van der Waals surface area contributed by atoms with Crippen LogP contribution in [0.4, 0.5) is 5.69 Å². The van der Waals surface area contributed by atoms with Crippen LogP contribution in [-0.4, -0.2) is 53.8 Å². The number of ether oxygens (including phenoxy) is 2. The van der Waals surface area contributed by atoms with Crippen molar-refractivity contribution in [3.63, 3.8) is 0 Å². The van der Waals surface area contributed by atoms with Crippen molar-refractivity contribution >= 4 is 17.5 Å². The fourth-order valence-corrected chi connectivity index (χ4v) is 3.53.